The van der Waals surface area contributed by atoms with Gasteiger partial charge in [-0.25, -0.2) is 4.98 Å². The van der Waals surface area contributed by atoms with E-state index in [0.29, 0.717) is 11.6 Å². The van der Waals surface area contributed by atoms with E-state index in [-0.39, 0.29) is 0 Å². The van der Waals surface area contributed by atoms with Crippen LogP contribution in [0.25, 0.3) is 5.82 Å². The number of aromatic nitrogens is 3. The predicted molar refractivity (Wildman–Crippen MR) is 53.5 cm³/mol. The molecule has 2 aromatic heterocycles. The normalized spacial score (nSPS) is 10.2. The average Bonchev–Trinajstić information content (AvgIpc) is 2.51. The molecule has 0 amide bonds. The van der Waals surface area contributed by atoms with Gasteiger partial charge in [0.2, 0.25) is 0 Å². The molecule has 5 heteroatoms. The molecule has 0 aromatic carbocycles. The minimum absolute atomic E-state index is 0.575. The van der Waals surface area contributed by atoms with Crippen LogP contribution in [0, 0.1) is 0 Å². The van der Waals surface area contributed by atoms with E-state index in [4.69, 9.17) is 5.73 Å². The Kier molecular flexibility index (Phi) is 2.02. The SMILES string of the molecule is Nc1ccnn1-c1cccc(Br)n1. The first-order valence-electron chi connectivity index (χ1n) is 3.70. The molecule has 2 rings (SSSR count). The summed E-state index contributed by atoms with van der Waals surface area (Å²) in [5.74, 6) is 1.28. The summed E-state index contributed by atoms with van der Waals surface area (Å²) in [4.78, 5) is 4.21. The van der Waals surface area contributed by atoms with Crippen molar-refractivity contribution in [2.75, 3.05) is 5.73 Å². The molecule has 0 fully saturated rings. The van der Waals surface area contributed by atoms with E-state index < -0.39 is 0 Å². The van der Waals surface area contributed by atoms with Gasteiger partial charge in [-0.2, -0.15) is 9.78 Å². The number of halogens is 1. The maximum Gasteiger partial charge on any atom is 0.156 e. The Morgan fingerprint density at radius 1 is 1.31 bits per heavy atom. The zero-order valence-corrected chi connectivity index (χ0v) is 8.27. The molecule has 0 aliphatic rings. The van der Waals surface area contributed by atoms with Crippen molar-refractivity contribution in [2.45, 2.75) is 0 Å². The standard InChI is InChI=1S/C8H7BrN4/c9-6-2-1-3-8(12-6)13-7(10)4-5-11-13/h1-5H,10H2. The molecule has 0 bridgehead atoms. The Bertz CT molecular complexity index is 424. The zero-order chi connectivity index (χ0) is 9.26. The molecule has 0 saturated carbocycles. The summed E-state index contributed by atoms with van der Waals surface area (Å²) >= 11 is 3.28. The van der Waals surface area contributed by atoms with E-state index in [2.05, 4.69) is 26.0 Å². The molecule has 13 heavy (non-hydrogen) atoms. The van der Waals surface area contributed by atoms with Crippen molar-refractivity contribution < 1.29 is 0 Å². The summed E-state index contributed by atoms with van der Waals surface area (Å²) in [6.07, 6.45) is 1.64. The second-order valence-electron chi connectivity index (χ2n) is 2.49. The first-order valence-corrected chi connectivity index (χ1v) is 4.49. The van der Waals surface area contributed by atoms with Crippen LogP contribution in [0.5, 0.6) is 0 Å². The van der Waals surface area contributed by atoms with Crippen LogP contribution in [0.3, 0.4) is 0 Å². The highest BCUT2D eigenvalue weighted by Gasteiger charge is 2.01. The first kappa shape index (κ1) is 8.25. The van der Waals surface area contributed by atoms with E-state index in [9.17, 15) is 0 Å². The fraction of sp³-hybridized carbons (Fsp3) is 0. The van der Waals surface area contributed by atoms with Crippen LogP contribution in [-0.4, -0.2) is 14.8 Å². The summed E-state index contributed by atoms with van der Waals surface area (Å²) in [7, 11) is 0. The summed E-state index contributed by atoms with van der Waals surface area (Å²) in [5.41, 5.74) is 5.67. The third-order valence-electron chi connectivity index (χ3n) is 1.59. The summed E-state index contributed by atoms with van der Waals surface area (Å²) < 4.78 is 2.34. The van der Waals surface area contributed by atoms with Gasteiger partial charge in [-0.1, -0.05) is 6.07 Å². The lowest BCUT2D eigenvalue weighted by Gasteiger charge is -2.02. The lowest BCUT2D eigenvalue weighted by atomic mass is 10.5. The molecular formula is C8H7BrN4. The molecule has 66 valence electrons. The molecule has 2 aromatic rings. The second-order valence-corrected chi connectivity index (χ2v) is 3.30. The van der Waals surface area contributed by atoms with Gasteiger partial charge in [0.25, 0.3) is 0 Å². The van der Waals surface area contributed by atoms with Gasteiger partial charge in [-0.05, 0) is 28.1 Å². The van der Waals surface area contributed by atoms with E-state index in [1.807, 2.05) is 18.2 Å². The molecule has 0 atom stereocenters. The Hall–Kier alpha value is -1.36. The van der Waals surface area contributed by atoms with Gasteiger partial charge >= 0.3 is 0 Å². The number of hydrogen-bond donors (Lipinski definition) is 1. The highest BCUT2D eigenvalue weighted by molar-refractivity contribution is 9.10. The monoisotopic (exact) mass is 238 g/mol. The molecule has 0 spiro atoms. The van der Waals surface area contributed by atoms with Gasteiger partial charge in [0.05, 0.1) is 6.20 Å². The summed E-state index contributed by atoms with van der Waals surface area (Å²) in [6, 6.07) is 7.30. The fourth-order valence-electron chi connectivity index (χ4n) is 1.02. The number of nitrogens with zero attached hydrogens (tertiary/aromatic N) is 3. The molecule has 0 radical (unpaired) electrons. The van der Waals surface area contributed by atoms with Crippen LogP contribution in [0.1, 0.15) is 0 Å². The quantitative estimate of drug-likeness (QED) is 0.769. The number of pyridine rings is 1. The lowest BCUT2D eigenvalue weighted by molar-refractivity contribution is 0.853. The van der Waals surface area contributed by atoms with Crippen molar-refractivity contribution >= 4 is 21.7 Å². The molecule has 2 heterocycles. The van der Waals surface area contributed by atoms with Gasteiger partial charge < -0.3 is 5.73 Å². The molecular weight excluding hydrogens is 232 g/mol. The number of rotatable bonds is 1. The van der Waals surface area contributed by atoms with Crippen LogP contribution < -0.4 is 5.73 Å². The van der Waals surface area contributed by atoms with E-state index >= 15 is 0 Å². The largest absolute Gasteiger partial charge is 0.384 e. The first-order chi connectivity index (χ1) is 6.27. The smallest absolute Gasteiger partial charge is 0.156 e. The number of hydrogen-bond acceptors (Lipinski definition) is 3. The molecule has 0 aliphatic heterocycles. The van der Waals surface area contributed by atoms with Gasteiger partial charge in [-0.15, -0.1) is 0 Å². The van der Waals surface area contributed by atoms with Crippen molar-refractivity contribution in [3.05, 3.63) is 35.1 Å². The predicted octanol–water partition coefficient (Wildman–Crippen LogP) is 1.61. The Morgan fingerprint density at radius 3 is 2.77 bits per heavy atom. The molecule has 4 nitrogen and oxygen atoms in total. The number of nitrogens with two attached hydrogens (primary N) is 1. The van der Waals surface area contributed by atoms with Crippen LogP contribution in [0.15, 0.2) is 35.1 Å². The van der Waals surface area contributed by atoms with E-state index in [1.54, 1.807) is 16.9 Å². The maximum atomic E-state index is 5.67. The Morgan fingerprint density at radius 2 is 2.15 bits per heavy atom. The summed E-state index contributed by atoms with van der Waals surface area (Å²) in [6.45, 7) is 0. The maximum absolute atomic E-state index is 5.67. The van der Waals surface area contributed by atoms with E-state index in [1.165, 1.54) is 0 Å². The molecule has 0 aliphatic carbocycles. The zero-order valence-electron chi connectivity index (χ0n) is 6.68. The highest BCUT2D eigenvalue weighted by Crippen LogP contribution is 2.12. The van der Waals surface area contributed by atoms with Gasteiger partial charge in [-0.3, -0.25) is 0 Å². The number of anilines is 1. The van der Waals surface area contributed by atoms with Crippen LogP contribution in [0.2, 0.25) is 0 Å². The molecule has 0 saturated heterocycles. The summed E-state index contributed by atoms with van der Waals surface area (Å²) in [5, 5.41) is 4.04. The highest BCUT2D eigenvalue weighted by atomic mass is 79.9. The van der Waals surface area contributed by atoms with Crippen molar-refractivity contribution in [2.24, 2.45) is 0 Å². The van der Waals surface area contributed by atoms with E-state index in [0.717, 1.165) is 4.60 Å². The Labute approximate surface area is 83.5 Å². The van der Waals surface area contributed by atoms with Crippen LogP contribution in [0.4, 0.5) is 5.82 Å². The van der Waals surface area contributed by atoms with Gasteiger partial charge in [0, 0.05) is 6.07 Å². The van der Waals surface area contributed by atoms with Crippen molar-refractivity contribution in [3.63, 3.8) is 0 Å². The topological polar surface area (TPSA) is 56.7 Å². The van der Waals surface area contributed by atoms with Gasteiger partial charge in [0.1, 0.15) is 10.4 Å². The number of nitrogen functional groups attached to an aromatic ring is 1. The molecule has 2 N–H and O–H groups in total. The fourth-order valence-corrected chi connectivity index (χ4v) is 1.35. The minimum atomic E-state index is 0.575. The third-order valence-corrected chi connectivity index (χ3v) is 2.03. The van der Waals surface area contributed by atoms with Crippen molar-refractivity contribution in [3.8, 4) is 5.82 Å². The van der Waals surface area contributed by atoms with Crippen LogP contribution >= 0.6 is 15.9 Å². The van der Waals surface area contributed by atoms with Crippen molar-refractivity contribution in [1.29, 1.82) is 0 Å². The van der Waals surface area contributed by atoms with Crippen molar-refractivity contribution in [1.82, 2.24) is 14.8 Å². The van der Waals surface area contributed by atoms with Crippen LogP contribution in [-0.2, 0) is 0 Å². The molecule has 0 unspecified atom stereocenters. The Balaban J connectivity index is 2.53. The average molecular weight is 239 g/mol. The third kappa shape index (κ3) is 1.55. The minimum Gasteiger partial charge on any atom is -0.384 e. The lowest BCUT2D eigenvalue weighted by Crippen LogP contribution is -2.03. The second kappa shape index (κ2) is 3.18. The van der Waals surface area contributed by atoms with Gasteiger partial charge in [0.15, 0.2) is 5.82 Å².